The quantitative estimate of drug-likeness (QED) is 0.889. The van der Waals surface area contributed by atoms with Gasteiger partial charge in [-0.15, -0.1) is 0 Å². The molecule has 110 valence electrons. The fourth-order valence-corrected chi connectivity index (χ4v) is 1.84. The molecule has 0 atom stereocenters. The van der Waals surface area contributed by atoms with Gasteiger partial charge in [0.2, 0.25) is 5.91 Å². The van der Waals surface area contributed by atoms with Gasteiger partial charge in [-0.25, -0.2) is 8.78 Å². The molecule has 0 aliphatic carbocycles. The van der Waals surface area contributed by atoms with Crippen LogP contribution in [0.3, 0.4) is 0 Å². The highest BCUT2D eigenvalue weighted by Gasteiger charge is 2.08. The molecule has 0 bridgehead atoms. The number of halogens is 2. The first-order chi connectivity index (χ1) is 10.1. The number of benzene rings is 1. The summed E-state index contributed by atoms with van der Waals surface area (Å²) < 4.78 is 25.8. The molecule has 0 aliphatic heterocycles. The van der Waals surface area contributed by atoms with Crippen LogP contribution < -0.4 is 5.32 Å². The minimum atomic E-state index is -0.928. The largest absolute Gasteiger partial charge is 0.392 e. The van der Waals surface area contributed by atoms with Crippen molar-refractivity contribution in [2.75, 3.05) is 5.32 Å². The molecule has 1 amide bonds. The van der Waals surface area contributed by atoms with Gasteiger partial charge in [-0.3, -0.25) is 9.78 Å². The molecule has 0 spiro atoms. The molecule has 0 saturated carbocycles. The number of hydrogen-bond donors (Lipinski definition) is 2. The van der Waals surface area contributed by atoms with E-state index in [9.17, 15) is 13.6 Å². The zero-order chi connectivity index (χ0) is 15.2. The summed E-state index contributed by atoms with van der Waals surface area (Å²) in [6, 6.07) is 5.15. The number of pyridine rings is 1. The third kappa shape index (κ3) is 4.06. The molecule has 2 aromatic rings. The van der Waals surface area contributed by atoms with E-state index in [-0.39, 0.29) is 25.4 Å². The molecule has 0 saturated heterocycles. The highest BCUT2D eigenvalue weighted by molar-refractivity contribution is 5.91. The van der Waals surface area contributed by atoms with Gasteiger partial charge in [0.05, 0.1) is 18.5 Å². The van der Waals surface area contributed by atoms with Crippen LogP contribution in [0.15, 0.2) is 36.7 Å². The van der Waals surface area contributed by atoms with Crippen LogP contribution in [0.4, 0.5) is 14.5 Å². The maximum Gasteiger partial charge on any atom is 0.224 e. The molecular formula is C15H14F2N2O2. The molecule has 0 unspecified atom stereocenters. The summed E-state index contributed by atoms with van der Waals surface area (Å²) in [5.74, 6) is -2.13. The Bertz CT molecular complexity index is 647. The number of rotatable bonds is 5. The summed E-state index contributed by atoms with van der Waals surface area (Å²) >= 11 is 0. The number of aliphatic hydroxyl groups excluding tert-OH is 1. The molecule has 0 fully saturated rings. The number of aromatic nitrogens is 1. The zero-order valence-electron chi connectivity index (χ0n) is 11.1. The van der Waals surface area contributed by atoms with Crippen LogP contribution in [0.5, 0.6) is 0 Å². The molecule has 2 N–H and O–H groups in total. The van der Waals surface area contributed by atoms with Crippen LogP contribution in [0.25, 0.3) is 0 Å². The van der Waals surface area contributed by atoms with E-state index in [1.54, 1.807) is 6.07 Å². The summed E-state index contributed by atoms with van der Waals surface area (Å²) in [4.78, 5) is 15.7. The number of amides is 1. The first-order valence-corrected chi connectivity index (χ1v) is 6.37. The average molecular weight is 292 g/mol. The number of aliphatic hydroxyl groups is 1. The van der Waals surface area contributed by atoms with Crippen molar-refractivity contribution >= 4 is 11.6 Å². The van der Waals surface area contributed by atoms with E-state index in [2.05, 4.69) is 10.3 Å². The summed E-state index contributed by atoms with van der Waals surface area (Å²) in [5.41, 5.74) is 1.54. The number of carbonyl (C=O) groups excluding carboxylic acids is 1. The molecule has 1 heterocycles. The van der Waals surface area contributed by atoms with Crippen molar-refractivity contribution in [3.8, 4) is 0 Å². The van der Waals surface area contributed by atoms with Gasteiger partial charge in [0.15, 0.2) is 11.6 Å². The Kier molecular flexibility index (Phi) is 4.94. The number of anilines is 1. The average Bonchev–Trinajstić information content (AvgIpc) is 2.49. The summed E-state index contributed by atoms with van der Waals surface area (Å²) in [5, 5.41) is 11.8. The van der Waals surface area contributed by atoms with Crippen molar-refractivity contribution in [1.82, 2.24) is 4.98 Å². The predicted octanol–water partition coefficient (Wildman–Crippen LogP) is 2.42. The van der Waals surface area contributed by atoms with Gasteiger partial charge >= 0.3 is 0 Å². The fourth-order valence-electron chi connectivity index (χ4n) is 1.84. The molecular weight excluding hydrogens is 278 g/mol. The van der Waals surface area contributed by atoms with Gasteiger partial charge in [0.1, 0.15) is 0 Å². The van der Waals surface area contributed by atoms with E-state index in [4.69, 9.17) is 5.11 Å². The SMILES string of the molecule is O=C(CCc1ccc(F)c(F)c1)Nc1cnccc1CO. The Labute approximate surface area is 120 Å². The number of hydrogen-bond acceptors (Lipinski definition) is 3. The molecule has 1 aromatic heterocycles. The standard InChI is InChI=1S/C15H14F2N2O2/c16-12-3-1-10(7-13(12)17)2-4-15(21)19-14-8-18-6-5-11(14)9-20/h1,3,5-8,20H,2,4,9H2,(H,19,21). The van der Waals surface area contributed by atoms with Crippen molar-refractivity contribution in [2.45, 2.75) is 19.4 Å². The van der Waals surface area contributed by atoms with Crippen molar-refractivity contribution in [1.29, 1.82) is 0 Å². The summed E-state index contributed by atoms with van der Waals surface area (Å²) in [6.07, 6.45) is 3.37. The van der Waals surface area contributed by atoms with E-state index in [0.717, 1.165) is 12.1 Å². The van der Waals surface area contributed by atoms with Gasteiger partial charge in [-0.05, 0) is 30.2 Å². The molecule has 6 heteroatoms. The van der Waals surface area contributed by atoms with Crippen LogP contribution in [-0.4, -0.2) is 16.0 Å². The molecule has 4 nitrogen and oxygen atoms in total. The predicted molar refractivity (Wildman–Crippen MR) is 73.5 cm³/mol. The lowest BCUT2D eigenvalue weighted by Crippen LogP contribution is -2.14. The molecule has 0 radical (unpaired) electrons. The highest BCUT2D eigenvalue weighted by Crippen LogP contribution is 2.14. The third-order valence-electron chi connectivity index (χ3n) is 2.98. The Morgan fingerprint density at radius 2 is 2.05 bits per heavy atom. The smallest absolute Gasteiger partial charge is 0.224 e. The second-order valence-electron chi connectivity index (χ2n) is 4.49. The topological polar surface area (TPSA) is 62.2 Å². The van der Waals surface area contributed by atoms with E-state index in [0.29, 0.717) is 16.8 Å². The van der Waals surface area contributed by atoms with Crippen LogP contribution in [0.2, 0.25) is 0 Å². The van der Waals surface area contributed by atoms with Crippen LogP contribution in [0.1, 0.15) is 17.5 Å². The first-order valence-electron chi connectivity index (χ1n) is 6.37. The van der Waals surface area contributed by atoms with Gasteiger partial charge in [0, 0.05) is 18.2 Å². The van der Waals surface area contributed by atoms with E-state index < -0.39 is 11.6 Å². The van der Waals surface area contributed by atoms with Crippen LogP contribution in [-0.2, 0) is 17.8 Å². The molecule has 1 aromatic carbocycles. The minimum absolute atomic E-state index is 0.116. The Morgan fingerprint density at radius 3 is 2.76 bits per heavy atom. The number of carbonyl (C=O) groups is 1. The Morgan fingerprint density at radius 1 is 1.24 bits per heavy atom. The van der Waals surface area contributed by atoms with Gasteiger partial charge in [-0.1, -0.05) is 6.07 Å². The van der Waals surface area contributed by atoms with Crippen molar-refractivity contribution in [2.24, 2.45) is 0 Å². The zero-order valence-corrected chi connectivity index (χ0v) is 11.1. The molecule has 2 rings (SSSR count). The second-order valence-corrected chi connectivity index (χ2v) is 4.49. The second kappa shape index (κ2) is 6.90. The molecule has 21 heavy (non-hydrogen) atoms. The summed E-state index contributed by atoms with van der Waals surface area (Å²) in [6.45, 7) is -0.207. The fraction of sp³-hybridized carbons (Fsp3) is 0.200. The lowest BCUT2D eigenvalue weighted by atomic mass is 10.1. The monoisotopic (exact) mass is 292 g/mol. The number of aryl methyl sites for hydroxylation is 1. The van der Waals surface area contributed by atoms with Gasteiger partial charge in [-0.2, -0.15) is 0 Å². The lowest BCUT2D eigenvalue weighted by Gasteiger charge is -2.08. The number of nitrogens with one attached hydrogen (secondary N) is 1. The van der Waals surface area contributed by atoms with Crippen molar-refractivity contribution in [3.63, 3.8) is 0 Å². The van der Waals surface area contributed by atoms with Crippen molar-refractivity contribution in [3.05, 3.63) is 59.4 Å². The normalized spacial score (nSPS) is 10.4. The first kappa shape index (κ1) is 15.1. The van der Waals surface area contributed by atoms with Crippen LogP contribution >= 0.6 is 0 Å². The molecule has 0 aliphatic rings. The summed E-state index contributed by atoms with van der Waals surface area (Å²) in [7, 11) is 0. The van der Waals surface area contributed by atoms with Gasteiger partial charge < -0.3 is 10.4 Å². The maximum atomic E-state index is 13.0. The Balaban J connectivity index is 1.94. The third-order valence-corrected chi connectivity index (χ3v) is 2.98. The van der Waals surface area contributed by atoms with Gasteiger partial charge in [0.25, 0.3) is 0 Å². The van der Waals surface area contributed by atoms with E-state index in [1.807, 2.05) is 0 Å². The van der Waals surface area contributed by atoms with E-state index in [1.165, 1.54) is 18.5 Å². The highest BCUT2D eigenvalue weighted by atomic mass is 19.2. The van der Waals surface area contributed by atoms with Crippen LogP contribution in [0, 0.1) is 11.6 Å². The Hall–Kier alpha value is -2.34. The van der Waals surface area contributed by atoms with Crippen molar-refractivity contribution < 1.29 is 18.7 Å². The van der Waals surface area contributed by atoms with E-state index >= 15 is 0 Å². The lowest BCUT2D eigenvalue weighted by molar-refractivity contribution is -0.116. The number of nitrogens with zero attached hydrogens (tertiary/aromatic N) is 1. The maximum absolute atomic E-state index is 13.0. The minimum Gasteiger partial charge on any atom is -0.392 e.